The Kier molecular flexibility index (Phi) is 3.95. The van der Waals surface area contributed by atoms with E-state index in [2.05, 4.69) is 18.3 Å². The van der Waals surface area contributed by atoms with Gasteiger partial charge >= 0.3 is 0 Å². The molecule has 0 saturated heterocycles. The van der Waals surface area contributed by atoms with Crippen molar-refractivity contribution < 1.29 is 0 Å². The minimum absolute atomic E-state index is 0.663. The van der Waals surface area contributed by atoms with E-state index < -0.39 is 0 Å². The van der Waals surface area contributed by atoms with E-state index in [-0.39, 0.29) is 0 Å². The molecule has 0 saturated carbocycles. The Balaban J connectivity index is 2.41. The van der Waals surface area contributed by atoms with Crippen molar-refractivity contribution >= 4 is 17.3 Å². The molecule has 0 aromatic heterocycles. The molecule has 1 N–H and O–H groups in total. The fraction of sp³-hybridized carbons (Fsp3) is 0.400. The molecule has 0 spiro atoms. The Labute approximate surface area is 78.7 Å². The number of halogens is 1. The van der Waals surface area contributed by atoms with Crippen molar-refractivity contribution in [2.24, 2.45) is 0 Å². The van der Waals surface area contributed by atoms with Crippen LogP contribution in [0, 0.1) is 6.07 Å². The highest BCUT2D eigenvalue weighted by Crippen LogP contribution is 2.13. The number of hydrogen-bond donors (Lipinski definition) is 1. The highest BCUT2D eigenvalue weighted by Gasteiger charge is 1.91. The van der Waals surface area contributed by atoms with E-state index in [4.69, 9.17) is 11.6 Å². The molecule has 0 fully saturated rings. The van der Waals surface area contributed by atoms with Crippen LogP contribution >= 0.6 is 11.6 Å². The van der Waals surface area contributed by atoms with Gasteiger partial charge in [-0.05, 0) is 18.6 Å². The lowest BCUT2D eigenvalue weighted by Gasteiger charge is -2.04. The Hall–Kier alpha value is -0.690. The average molecular weight is 183 g/mol. The minimum Gasteiger partial charge on any atom is -0.385 e. The van der Waals surface area contributed by atoms with Gasteiger partial charge in [-0.3, -0.25) is 0 Å². The number of benzene rings is 1. The fourth-order valence-corrected chi connectivity index (χ4v) is 1.14. The second-order valence-corrected chi connectivity index (χ2v) is 3.11. The molecular weight excluding hydrogens is 170 g/mol. The van der Waals surface area contributed by atoms with E-state index in [0.29, 0.717) is 5.02 Å². The zero-order valence-electron chi connectivity index (χ0n) is 7.23. The minimum atomic E-state index is 0.663. The Bertz CT molecular complexity index is 235. The molecule has 1 radical (unpaired) electrons. The predicted octanol–water partition coefficient (Wildman–Crippen LogP) is 3.35. The van der Waals surface area contributed by atoms with Crippen LogP contribution in [0.25, 0.3) is 0 Å². The van der Waals surface area contributed by atoms with E-state index in [9.17, 15) is 0 Å². The largest absolute Gasteiger partial charge is 0.385 e. The Morgan fingerprint density at radius 3 is 3.08 bits per heavy atom. The summed E-state index contributed by atoms with van der Waals surface area (Å²) in [5.41, 5.74) is 1.08. The SMILES string of the molecule is CCCCNc1cc[c]c(Cl)c1. The van der Waals surface area contributed by atoms with Gasteiger partial charge in [0, 0.05) is 18.3 Å². The van der Waals surface area contributed by atoms with Gasteiger partial charge < -0.3 is 5.32 Å². The fourth-order valence-electron chi connectivity index (χ4n) is 0.957. The van der Waals surface area contributed by atoms with E-state index in [0.717, 1.165) is 12.2 Å². The molecule has 1 nitrogen and oxygen atoms in total. The molecule has 65 valence electrons. The van der Waals surface area contributed by atoms with Gasteiger partial charge in [-0.1, -0.05) is 31.0 Å². The van der Waals surface area contributed by atoms with Crippen LogP contribution in [0.5, 0.6) is 0 Å². The third kappa shape index (κ3) is 3.14. The third-order valence-electron chi connectivity index (χ3n) is 1.63. The molecule has 0 aliphatic heterocycles. The van der Waals surface area contributed by atoms with Gasteiger partial charge in [-0.15, -0.1) is 0 Å². The molecule has 2 heteroatoms. The highest BCUT2D eigenvalue weighted by atomic mass is 35.5. The van der Waals surface area contributed by atoms with Crippen molar-refractivity contribution in [1.29, 1.82) is 0 Å². The summed E-state index contributed by atoms with van der Waals surface area (Å²) < 4.78 is 0. The van der Waals surface area contributed by atoms with Crippen LogP contribution in [-0.2, 0) is 0 Å². The maximum atomic E-state index is 5.76. The zero-order valence-corrected chi connectivity index (χ0v) is 7.99. The van der Waals surface area contributed by atoms with E-state index in [1.807, 2.05) is 18.2 Å². The molecule has 0 aliphatic rings. The van der Waals surface area contributed by atoms with Crippen LogP contribution in [-0.4, -0.2) is 6.54 Å². The van der Waals surface area contributed by atoms with Crippen molar-refractivity contribution in [3.63, 3.8) is 0 Å². The molecule has 0 heterocycles. The van der Waals surface area contributed by atoms with Crippen molar-refractivity contribution in [3.8, 4) is 0 Å². The lowest BCUT2D eigenvalue weighted by molar-refractivity contribution is 0.834. The van der Waals surface area contributed by atoms with Crippen LogP contribution in [0.1, 0.15) is 19.8 Å². The number of hydrogen-bond acceptors (Lipinski definition) is 1. The lowest BCUT2D eigenvalue weighted by atomic mass is 10.3. The molecule has 1 aromatic carbocycles. The molecule has 0 atom stereocenters. The quantitative estimate of drug-likeness (QED) is 0.705. The number of unbranched alkanes of at least 4 members (excludes halogenated alkanes) is 1. The lowest BCUT2D eigenvalue weighted by Crippen LogP contribution is -2.00. The zero-order chi connectivity index (χ0) is 8.81. The van der Waals surface area contributed by atoms with Crippen molar-refractivity contribution in [2.45, 2.75) is 19.8 Å². The first-order valence-electron chi connectivity index (χ1n) is 4.24. The molecular formula is C10H13ClN. The molecule has 0 bridgehead atoms. The normalized spacial score (nSPS) is 9.83. The maximum absolute atomic E-state index is 5.76. The van der Waals surface area contributed by atoms with Crippen molar-refractivity contribution in [3.05, 3.63) is 29.3 Å². The van der Waals surface area contributed by atoms with Crippen LogP contribution in [0.3, 0.4) is 0 Å². The van der Waals surface area contributed by atoms with Crippen molar-refractivity contribution in [1.82, 2.24) is 0 Å². The van der Waals surface area contributed by atoms with Crippen LogP contribution in [0.2, 0.25) is 5.02 Å². The highest BCUT2D eigenvalue weighted by molar-refractivity contribution is 6.30. The molecule has 1 aromatic rings. The number of nitrogens with one attached hydrogen (secondary N) is 1. The average Bonchev–Trinajstić information content (AvgIpc) is 2.05. The summed E-state index contributed by atoms with van der Waals surface area (Å²) in [5.74, 6) is 0. The van der Waals surface area contributed by atoms with Crippen molar-refractivity contribution in [2.75, 3.05) is 11.9 Å². The molecule has 12 heavy (non-hydrogen) atoms. The summed E-state index contributed by atoms with van der Waals surface area (Å²) >= 11 is 5.76. The first-order valence-corrected chi connectivity index (χ1v) is 4.62. The summed E-state index contributed by atoms with van der Waals surface area (Å²) in [5, 5.41) is 3.95. The first kappa shape index (κ1) is 9.40. The van der Waals surface area contributed by atoms with Gasteiger partial charge in [0.15, 0.2) is 0 Å². The van der Waals surface area contributed by atoms with E-state index >= 15 is 0 Å². The van der Waals surface area contributed by atoms with E-state index in [1.54, 1.807) is 0 Å². The Morgan fingerprint density at radius 2 is 2.42 bits per heavy atom. The molecule has 1 rings (SSSR count). The summed E-state index contributed by atoms with van der Waals surface area (Å²) in [6.45, 7) is 3.18. The molecule has 0 unspecified atom stereocenters. The smallest absolute Gasteiger partial charge is 0.0505 e. The number of anilines is 1. The van der Waals surface area contributed by atoms with Gasteiger partial charge in [0.1, 0.15) is 0 Å². The summed E-state index contributed by atoms with van der Waals surface area (Å²) in [6.07, 6.45) is 2.40. The second kappa shape index (κ2) is 5.04. The van der Waals surface area contributed by atoms with Crippen LogP contribution < -0.4 is 5.32 Å². The number of rotatable bonds is 4. The topological polar surface area (TPSA) is 12.0 Å². The Morgan fingerprint density at radius 1 is 1.58 bits per heavy atom. The third-order valence-corrected chi connectivity index (χ3v) is 1.84. The van der Waals surface area contributed by atoms with Crippen LogP contribution in [0.15, 0.2) is 18.2 Å². The van der Waals surface area contributed by atoms with Crippen LogP contribution in [0.4, 0.5) is 5.69 Å². The van der Waals surface area contributed by atoms with E-state index in [1.165, 1.54) is 12.8 Å². The molecule has 0 aliphatic carbocycles. The standard InChI is InChI=1S/C10H13ClN/c1-2-3-7-12-10-6-4-5-9(11)8-10/h4,6,8,12H,2-3,7H2,1H3. The maximum Gasteiger partial charge on any atom is 0.0505 e. The van der Waals surface area contributed by atoms with Gasteiger partial charge in [-0.25, -0.2) is 0 Å². The van der Waals surface area contributed by atoms with Gasteiger partial charge in [0.25, 0.3) is 0 Å². The molecule has 0 amide bonds. The predicted molar refractivity (Wildman–Crippen MR) is 53.7 cm³/mol. The summed E-state index contributed by atoms with van der Waals surface area (Å²) in [4.78, 5) is 0. The first-order chi connectivity index (χ1) is 5.83. The van der Waals surface area contributed by atoms with Gasteiger partial charge in [0.2, 0.25) is 0 Å². The summed E-state index contributed by atoms with van der Waals surface area (Å²) in [6, 6.07) is 8.58. The summed E-state index contributed by atoms with van der Waals surface area (Å²) in [7, 11) is 0. The van der Waals surface area contributed by atoms with Gasteiger partial charge in [0.05, 0.1) is 5.02 Å². The second-order valence-electron chi connectivity index (χ2n) is 2.71. The monoisotopic (exact) mass is 182 g/mol. The van der Waals surface area contributed by atoms with Gasteiger partial charge in [-0.2, -0.15) is 0 Å².